The summed E-state index contributed by atoms with van der Waals surface area (Å²) in [5, 5.41) is 3.53. The molecule has 0 aliphatic heterocycles. The summed E-state index contributed by atoms with van der Waals surface area (Å²) in [7, 11) is -2.30. The van der Waals surface area contributed by atoms with E-state index in [1.54, 1.807) is 0 Å². The van der Waals surface area contributed by atoms with E-state index >= 15 is 0 Å². The van der Waals surface area contributed by atoms with Crippen LogP contribution in [0.3, 0.4) is 0 Å². The number of halogens is 1. The summed E-state index contributed by atoms with van der Waals surface area (Å²) in [5.41, 5.74) is 0.662. The number of carbonyl (C=O) groups excluding carboxylic acids is 1. The van der Waals surface area contributed by atoms with E-state index in [0.717, 1.165) is 5.56 Å². The Morgan fingerprint density at radius 2 is 1.00 bits per heavy atom. The molecule has 0 radical (unpaired) electrons. The lowest BCUT2D eigenvalue weighted by Crippen LogP contribution is -3.00. The number of benzene rings is 4. The van der Waals surface area contributed by atoms with Crippen LogP contribution in [-0.4, -0.2) is 11.6 Å². The molecule has 1 unspecified atom stereocenters. The number of rotatable bonds is 7. The molecule has 0 saturated carbocycles. The maximum Gasteiger partial charge on any atom is 0.348 e. The Bertz CT molecular complexity index is 1010. The molecular weight excluding hydrogens is 435 g/mol. The van der Waals surface area contributed by atoms with Gasteiger partial charge in [0.15, 0.2) is 5.66 Å². The van der Waals surface area contributed by atoms with Gasteiger partial charge in [-0.1, -0.05) is 84.9 Å². The largest absolute Gasteiger partial charge is 1.00 e. The normalized spacial score (nSPS) is 11.8. The van der Waals surface area contributed by atoms with Crippen molar-refractivity contribution in [1.82, 2.24) is 0 Å². The van der Waals surface area contributed by atoms with Crippen molar-refractivity contribution >= 4 is 29.1 Å². The van der Waals surface area contributed by atoms with Crippen LogP contribution in [0.25, 0.3) is 0 Å². The van der Waals surface area contributed by atoms with Crippen LogP contribution >= 0.6 is 7.26 Å². The first kappa shape index (κ1) is 23.7. The molecule has 4 aromatic rings. The highest BCUT2D eigenvalue weighted by Crippen LogP contribution is 2.59. The molecule has 0 bridgehead atoms. The summed E-state index contributed by atoms with van der Waals surface area (Å²) in [4.78, 5) is 13.5. The molecule has 4 aromatic carbocycles. The first-order chi connectivity index (χ1) is 15.2. The molecule has 0 heterocycles. The molecule has 0 fully saturated rings. The van der Waals surface area contributed by atoms with Gasteiger partial charge in [0.2, 0.25) is 0 Å². The van der Waals surface area contributed by atoms with E-state index in [1.165, 1.54) is 15.9 Å². The van der Waals surface area contributed by atoms with E-state index in [-0.39, 0.29) is 30.6 Å². The third-order valence-corrected chi connectivity index (χ3v) is 10.3. The Balaban J connectivity index is 0.00000289. The van der Waals surface area contributed by atoms with Crippen LogP contribution in [0.5, 0.6) is 0 Å². The van der Waals surface area contributed by atoms with Crippen LogP contribution in [0.4, 0.5) is 0 Å². The van der Waals surface area contributed by atoms with Crippen LogP contribution in [-0.2, 0) is 16.1 Å². The van der Waals surface area contributed by atoms with Crippen molar-refractivity contribution in [3.63, 3.8) is 0 Å². The summed E-state index contributed by atoms with van der Waals surface area (Å²) in [5.74, 6) is -0.172. The van der Waals surface area contributed by atoms with E-state index in [9.17, 15) is 4.79 Å². The predicted octanol–water partition coefficient (Wildman–Crippen LogP) is 2.12. The van der Waals surface area contributed by atoms with Crippen LogP contribution in [0.2, 0.25) is 0 Å². The zero-order chi connectivity index (χ0) is 21.5. The summed E-state index contributed by atoms with van der Waals surface area (Å²) in [6.45, 7) is 2.30. The minimum Gasteiger partial charge on any atom is -1.00 e. The van der Waals surface area contributed by atoms with Crippen molar-refractivity contribution in [3.05, 3.63) is 127 Å². The molecule has 162 valence electrons. The quantitative estimate of drug-likeness (QED) is 0.312. The minimum atomic E-state index is -2.30. The highest BCUT2D eigenvalue weighted by molar-refractivity contribution is 7.96. The lowest BCUT2D eigenvalue weighted by atomic mass is 10.2. The lowest BCUT2D eigenvalue weighted by Gasteiger charge is -2.31. The summed E-state index contributed by atoms with van der Waals surface area (Å²) in [6, 6.07) is 41.1. The molecule has 0 aromatic heterocycles. The molecule has 2 nitrogen and oxygen atoms in total. The van der Waals surface area contributed by atoms with Crippen LogP contribution in [0.1, 0.15) is 12.5 Å². The smallest absolute Gasteiger partial charge is 0.348 e. The van der Waals surface area contributed by atoms with Gasteiger partial charge in [0.1, 0.15) is 29.8 Å². The van der Waals surface area contributed by atoms with Gasteiger partial charge >= 0.3 is 5.97 Å². The Morgan fingerprint density at radius 3 is 1.38 bits per heavy atom. The number of ether oxygens (including phenoxy) is 1. The average molecular weight is 461 g/mol. The SMILES string of the molecule is CC(C(=O)OCc1ccccc1)[P+](c1ccccc1)(c1ccccc1)c1ccccc1.[Cl-]. The minimum absolute atomic E-state index is 0. The van der Waals surface area contributed by atoms with Gasteiger partial charge in [-0.15, -0.1) is 0 Å². The van der Waals surface area contributed by atoms with Crippen LogP contribution in [0, 0.1) is 0 Å². The molecule has 0 amide bonds. The Labute approximate surface area is 197 Å². The van der Waals surface area contributed by atoms with E-state index in [0.29, 0.717) is 0 Å². The van der Waals surface area contributed by atoms with Gasteiger partial charge in [0, 0.05) is 0 Å². The molecule has 32 heavy (non-hydrogen) atoms. The summed E-state index contributed by atoms with van der Waals surface area (Å²) >= 11 is 0. The van der Waals surface area contributed by atoms with Crippen LogP contribution < -0.4 is 28.3 Å². The second-order valence-corrected chi connectivity index (χ2v) is 11.3. The first-order valence-corrected chi connectivity index (χ1v) is 12.3. The zero-order valence-corrected chi connectivity index (χ0v) is 19.6. The predicted molar refractivity (Wildman–Crippen MR) is 131 cm³/mol. The van der Waals surface area contributed by atoms with Crippen LogP contribution in [0.15, 0.2) is 121 Å². The monoisotopic (exact) mass is 460 g/mol. The Kier molecular flexibility index (Phi) is 8.22. The van der Waals surface area contributed by atoms with E-state index in [2.05, 4.69) is 72.8 Å². The molecule has 4 rings (SSSR count). The van der Waals surface area contributed by atoms with Crippen molar-refractivity contribution in [2.45, 2.75) is 19.2 Å². The Morgan fingerprint density at radius 1 is 0.656 bits per heavy atom. The number of hydrogen-bond donors (Lipinski definition) is 0. The highest BCUT2D eigenvalue weighted by atomic mass is 35.5. The van der Waals surface area contributed by atoms with Gasteiger partial charge in [0.05, 0.1) is 0 Å². The molecule has 4 heteroatoms. The third kappa shape index (κ3) is 4.78. The summed E-state index contributed by atoms with van der Waals surface area (Å²) < 4.78 is 5.85. The molecule has 0 aliphatic carbocycles. The molecule has 0 N–H and O–H groups in total. The van der Waals surface area contributed by atoms with Gasteiger partial charge in [-0.2, -0.15) is 0 Å². The van der Waals surface area contributed by atoms with Crippen molar-refractivity contribution in [1.29, 1.82) is 0 Å². The maximum absolute atomic E-state index is 13.5. The van der Waals surface area contributed by atoms with E-state index < -0.39 is 7.26 Å². The first-order valence-electron chi connectivity index (χ1n) is 10.5. The molecular formula is C28H26ClO2P. The molecule has 1 atom stereocenters. The van der Waals surface area contributed by atoms with Gasteiger partial charge < -0.3 is 17.1 Å². The molecule has 0 saturated heterocycles. The van der Waals surface area contributed by atoms with Gasteiger partial charge in [-0.05, 0) is 48.9 Å². The van der Waals surface area contributed by atoms with E-state index in [4.69, 9.17) is 4.74 Å². The Hall–Kier alpha value is -2.93. The van der Waals surface area contributed by atoms with Gasteiger partial charge in [-0.3, -0.25) is 0 Å². The van der Waals surface area contributed by atoms with Crippen molar-refractivity contribution < 1.29 is 21.9 Å². The molecule has 0 aliphatic rings. The fourth-order valence-electron chi connectivity index (χ4n) is 4.11. The fourth-order valence-corrected chi connectivity index (χ4v) is 8.67. The number of hydrogen-bond acceptors (Lipinski definition) is 2. The van der Waals surface area contributed by atoms with Crippen molar-refractivity contribution in [2.24, 2.45) is 0 Å². The average Bonchev–Trinajstić information content (AvgIpc) is 2.85. The topological polar surface area (TPSA) is 26.3 Å². The highest BCUT2D eigenvalue weighted by Gasteiger charge is 2.54. The number of carbonyl (C=O) groups is 1. The summed E-state index contributed by atoms with van der Waals surface area (Å²) in [6.07, 6.45) is 0. The lowest BCUT2D eigenvalue weighted by molar-refractivity contribution is -0.144. The maximum atomic E-state index is 13.5. The second-order valence-electron chi connectivity index (χ2n) is 7.50. The van der Waals surface area contributed by atoms with Crippen molar-refractivity contribution in [2.75, 3.05) is 0 Å². The third-order valence-electron chi connectivity index (χ3n) is 5.64. The van der Waals surface area contributed by atoms with Gasteiger partial charge in [-0.25, -0.2) is 4.79 Å². The van der Waals surface area contributed by atoms with Crippen molar-refractivity contribution in [3.8, 4) is 0 Å². The van der Waals surface area contributed by atoms with Gasteiger partial charge in [0.25, 0.3) is 0 Å². The number of esters is 1. The fraction of sp³-hybridized carbons (Fsp3) is 0.107. The molecule has 0 spiro atoms. The standard InChI is InChI=1S/C28H26O2P.ClH/c1-23(28(29)30-22-24-14-6-2-7-15-24)31(25-16-8-3-9-17-25,26-18-10-4-11-19-26)27-20-12-5-13-21-27;/h2-21,23H,22H2,1H3;1H/q+1;/p-1. The zero-order valence-electron chi connectivity index (χ0n) is 18.0. The second kappa shape index (κ2) is 11.1. The van der Waals surface area contributed by atoms with E-state index in [1.807, 2.05) is 55.5 Å².